The van der Waals surface area contributed by atoms with E-state index in [2.05, 4.69) is 0 Å². The second kappa shape index (κ2) is 8.37. The van der Waals surface area contributed by atoms with E-state index < -0.39 is 11.2 Å². The Bertz CT molecular complexity index is 542. The van der Waals surface area contributed by atoms with Gasteiger partial charge in [-0.15, -0.1) is 11.8 Å². The molecule has 0 aromatic heterocycles. The molecule has 0 bridgehead atoms. The van der Waals surface area contributed by atoms with Crippen molar-refractivity contribution in [1.82, 2.24) is 0 Å². The van der Waals surface area contributed by atoms with Crippen molar-refractivity contribution in [2.45, 2.75) is 11.7 Å². The molecule has 0 amide bonds. The third-order valence-electron chi connectivity index (χ3n) is 2.95. The number of hydrogen-bond acceptors (Lipinski definition) is 3. The Hall–Kier alpha value is -1.94. The van der Waals surface area contributed by atoms with E-state index in [1.54, 1.807) is 0 Å². The van der Waals surface area contributed by atoms with Crippen LogP contribution >= 0.6 is 11.8 Å². The van der Waals surface area contributed by atoms with E-state index in [1.807, 2.05) is 60.7 Å². The Morgan fingerprint density at radius 1 is 1.05 bits per heavy atom. The zero-order valence-electron chi connectivity index (χ0n) is 11.6. The first-order valence-electron chi connectivity index (χ1n) is 6.82. The number of rotatable bonds is 8. The maximum Gasteiger partial charge on any atom is 0.316 e. The number of hydrogen-bond donors (Lipinski definition) is 1. The fourth-order valence-corrected chi connectivity index (χ4v) is 2.83. The molecule has 2 aromatic carbocycles. The molecule has 2 rings (SSSR count). The molecule has 0 radical (unpaired) electrons. The number of carbonyl (C=O) groups is 1. The molecular formula is C17H18O3S. The van der Waals surface area contributed by atoms with Crippen molar-refractivity contribution in [2.24, 2.45) is 0 Å². The summed E-state index contributed by atoms with van der Waals surface area (Å²) in [5.41, 5.74) is 1.04. The second-order valence-electron chi connectivity index (χ2n) is 4.55. The van der Waals surface area contributed by atoms with Crippen LogP contribution in [0.15, 0.2) is 60.7 Å². The normalized spacial score (nSPS) is 11.8. The highest BCUT2D eigenvalue weighted by Crippen LogP contribution is 2.17. The number of thioether (sulfide) groups is 1. The predicted molar refractivity (Wildman–Crippen MR) is 86.0 cm³/mol. The summed E-state index contributed by atoms with van der Waals surface area (Å²) in [7, 11) is 0. The van der Waals surface area contributed by atoms with Gasteiger partial charge >= 0.3 is 5.97 Å². The van der Waals surface area contributed by atoms with Gasteiger partial charge in [0.25, 0.3) is 0 Å². The highest BCUT2D eigenvalue weighted by molar-refractivity contribution is 8.00. The average Bonchev–Trinajstić information content (AvgIpc) is 2.52. The maximum atomic E-state index is 11.3. The van der Waals surface area contributed by atoms with E-state index >= 15 is 0 Å². The van der Waals surface area contributed by atoms with Gasteiger partial charge in [-0.05, 0) is 24.1 Å². The van der Waals surface area contributed by atoms with Crippen LogP contribution in [0.4, 0.5) is 0 Å². The number of benzene rings is 2. The first-order valence-corrected chi connectivity index (χ1v) is 7.87. The topological polar surface area (TPSA) is 46.5 Å². The van der Waals surface area contributed by atoms with Crippen molar-refractivity contribution in [3.05, 3.63) is 66.2 Å². The first kappa shape index (κ1) is 15.4. The van der Waals surface area contributed by atoms with E-state index in [0.29, 0.717) is 18.8 Å². The molecule has 0 fully saturated rings. The Kier molecular flexibility index (Phi) is 6.16. The van der Waals surface area contributed by atoms with Crippen molar-refractivity contribution >= 4 is 17.7 Å². The second-order valence-corrected chi connectivity index (χ2v) is 5.86. The van der Waals surface area contributed by atoms with Crippen LogP contribution in [-0.2, 0) is 11.2 Å². The summed E-state index contributed by atoms with van der Waals surface area (Å²) in [5.74, 6) is 0.690. The molecule has 0 aliphatic carbocycles. The lowest BCUT2D eigenvalue weighted by Crippen LogP contribution is -2.20. The van der Waals surface area contributed by atoms with Gasteiger partial charge in [-0.25, -0.2) is 0 Å². The maximum absolute atomic E-state index is 11.3. The third kappa shape index (κ3) is 5.52. The highest BCUT2D eigenvalue weighted by Gasteiger charge is 2.18. The van der Waals surface area contributed by atoms with Gasteiger partial charge in [0.15, 0.2) is 0 Å². The molecule has 0 saturated heterocycles. The molecule has 0 spiro atoms. The molecule has 2 aromatic rings. The van der Waals surface area contributed by atoms with Crippen LogP contribution in [0.1, 0.15) is 5.56 Å². The Labute approximate surface area is 129 Å². The van der Waals surface area contributed by atoms with E-state index in [4.69, 9.17) is 4.74 Å². The summed E-state index contributed by atoms with van der Waals surface area (Å²) in [6.45, 7) is 0.507. The standard InChI is InChI=1S/C17H18O3S/c18-17(19)16(13-14-7-3-1-4-8-14)21-12-11-20-15-9-5-2-6-10-15/h1-10,16H,11-13H2,(H,18,19). The number of aliphatic carboxylic acids is 1. The van der Waals surface area contributed by atoms with E-state index in [9.17, 15) is 9.90 Å². The number of ether oxygens (including phenoxy) is 1. The summed E-state index contributed by atoms with van der Waals surface area (Å²) in [4.78, 5) is 11.3. The van der Waals surface area contributed by atoms with Gasteiger partial charge < -0.3 is 9.84 Å². The average molecular weight is 302 g/mol. The molecule has 1 N–H and O–H groups in total. The predicted octanol–water partition coefficient (Wildman–Crippen LogP) is 3.49. The largest absolute Gasteiger partial charge is 0.493 e. The number of carboxylic acids is 1. The van der Waals surface area contributed by atoms with Crippen LogP contribution < -0.4 is 4.74 Å². The molecule has 1 unspecified atom stereocenters. The molecule has 0 aliphatic rings. The Morgan fingerprint density at radius 2 is 1.67 bits per heavy atom. The molecule has 110 valence electrons. The fourth-order valence-electron chi connectivity index (χ4n) is 1.91. The van der Waals surface area contributed by atoms with Crippen molar-refractivity contribution < 1.29 is 14.6 Å². The molecule has 0 saturated carbocycles. The van der Waals surface area contributed by atoms with E-state index in [-0.39, 0.29) is 0 Å². The Morgan fingerprint density at radius 3 is 2.29 bits per heavy atom. The van der Waals surface area contributed by atoms with Crippen LogP contribution in [0.25, 0.3) is 0 Å². The molecule has 4 heteroatoms. The van der Waals surface area contributed by atoms with Gasteiger partial charge in [0.2, 0.25) is 0 Å². The third-order valence-corrected chi connectivity index (χ3v) is 4.13. The quantitative estimate of drug-likeness (QED) is 0.758. The molecule has 0 aliphatic heterocycles. The lowest BCUT2D eigenvalue weighted by atomic mass is 10.1. The number of carboxylic acid groups (broad SMARTS) is 1. The van der Waals surface area contributed by atoms with Crippen molar-refractivity contribution in [2.75, 3.05) is 12.4 Å². The van der Waals surface area contributed by atoms with E-state index in [1.165, 1.54) is 11.8 Å². The van der Waals surface area contributed by atoms with Gasteiger partial charge in [0.1, 0.15) is 11.0 Å². The van der Waals surface area contributed by atoms with Crippen LogP contribution in [0.3, 0.4) is 0 Å². The van der Waals surface area contributed by atoms with Crippen molar-refractivity contribution in [3.8, 4) is 5.75 Å². The summed E-state index contributed by atoms with van der Waals surface area (Å²) in [6.07, 6.45) is 0.534. The SMILES string of the molecule is O=C(O)C(Cc1ccccc1)SCCOc1ccccc1. The minimum atomic E-state index is -0.774. The van der Waals surface area contributed by atoms with Gasteiger partial charge in [-0.1, -0.05) is 48.5 Å². The number of para-hydroxylation sites is 1. The van der Waals surface area contributed by atoms with Gasteiger partial charge in [0, 0.05) is 5.75 Å². The van der Waals surface area contributed by atoms with E-state index in [0.717, 1.165) is 11.3 Å². The van der Waals surface area contributed by atoms with Crippen LogP contribution in [-0.4, -0.2) is 28.7 Å². The van der Waals surface area contributed by atoms with Crippen molar-refractivity contribution in [1.29, 1.82) is 0 Å². The summed E-state index contributed by atoms with van der Waals surface area (Å²) >= 11 is 1.42. The van der Waals surface area contributed by atoms with Crippen LogP contribution in [0.5, 0.6) is 5.75 Å². The van der Waals surface area contributed by atoms with Gasteiger partial charge in [-0.2, -0.15) is 0 Å². The molecule has 3 nitrogen and oxygen atoms in total. The van der Waals surface area contributed by atoms with Crippen LogP contribution in [0, 0.1) is 0 Å². The monoisotopic (exact) mass is 302 g/mol. The minimum Gasteiger partial charge on any atom is -0.493 e. The van der Waals surface area contributed by atoms with Gasteiger partial charge in [-0.3, -0.25) is 4.79 Å². The van der Waals surface area contributed by atoms with Crippen LogP contribution in [0.2, 0.25) is 0 Å². The molecule has 0 heterocycles. The molecule has 21 heavy (non-hydrogen) atoms. The summed E-state index contributed by atoms with van der Waals surface area (Å²) < 4.78 is 5.57. The molecule has 1 atom stereocenters. The first-order chi connectivity index (χ1) is 10.3. The minimum absolute atomic E-state index is 0.438. The fraction of sp³-hybridized carbons (Fsp3) is 0.235. The summed E-state index contributed by atoms with van der Waals surface area (Å²) in [6, 6.07) is 19.2. The highest BCUT2D eigenvalue weighted by atomic mass is 32.2. The molecular weight excluding hydrogens is 284 g/mol. The Balaban J connectivity index is 1.77. The van der Waals surface area contributed by atoms with Crippen molar-refractivity contribution in [3.63, 3.8) is 0 Å². The summed E-state index contributed by atoms with van der Waals surface area (Å²) in [5, 5.41) is 8.85. The zero-order chi connectivity index (χ0) is 14.9. The smallest absolute Gasteiger partial charge is 0.316 e. The van der Waals surface area contributed by atoms with Gasteiger partial charge in [0.05, 0.1) is 6.61 Å². The lowest BCUT2D eigenvalue weighted by molar-refractivity contribution is -0.136. The lowest BCUT2D eigenvalue weighted by Gasteiger charge is -2.12. The zero-order valence-corrected chi connectivity index (χ0v) is 12.5.